The van der Waals surface area contributed by atoms with Gasteiger partial charge in [-0.15, -0.1) is 0 Å². The van der Waals surface area contributed by atoms with E-state index in [1.165, 1.54) is 36.8 Å². The summed E-state index contributed by atoms with van der Waals surface area (Å²) in [4.78, 5) is 2.21. The average molecular weight is 465 g/mol. The highest BCUT2D eigenvalue weighted by Gasteiger charge is 2.25. The molecule has 3 rings (SSSR count). The maximum Gasteiger partial charge on any atom is 0.192 e. The number of hydrogen-bond donors (Lipinski definition) is 0. The molecular weight excluding hydrogens is 430 g/mol. The molecule has 0 spiro atoms. The van der Waals surface area contributed by atoms with Gasteiger partial charge in [0.1, 0.15) is 0 Å². The fourth-order valence-corrected chi connectivity index (χ4v) is 4.37. The largest absolute Gasteiger partial charge is 0.748 e. The van der Waals surface area contributed by atoms with Crippen molar-refractivity contribution >= 4 is 27.2 Å². The number of benzene rings is 3. The van der Waals surface area contributed by atoms with Crippen LogP contribution in [0.3, 0.4) is 0 Å². The number of nitrogens with zero attached hydrogens (tertiary/aromatic N) is 1. The van der Waals surface area contributed by atoms with Gasteiger partial charge in [0.25, 0.3) is 0 Å². The van der Waals surface area contributed by atoms with E-state index >= 15 is 0 Å². The first-order valence-corrected chi connectivity index (χ1v) is 13.5. The van der Waals surface area contributed by atoms with E-state index in [1.54, 1.807) is 0 Å². The van der Waals surface area contributed by atoms with Crippen LogP contribution < -0.4 is 4.90 Å². The summed E-state index contributed by atoms with van der Waals surface area (Å²) in [6, 6.07) is 25.2. The molecule has 0 unspecified atom stereocenters. The van der Waals surface area contributed by atoms with Gasteiger partial charge in [-0.3, -0.25) is 0 Å². The summed E-state index contributed by atoms with van der Waals surface area (Å²) >= 11 is 0. The van der Waals surface area contributed by atoms with Gasteiger partial charge in [-0.2, -0.15) is 0 Å². The van der Waals surface area contributed by atoms with Crippen LogP contribution in [0.4, 0.5) is 17.1 Å². The highest BCUT2D eigenvalue weighted by atomic mass is 32.2. The minimum absolute atomic E-state index is 0.227. The Morgan fingerprint density at radius 2 is 0.939 bits per heavy atom. The smallest absolute Gasteiger partial charge is 0.192 e. The predicted octanol–water partition coefficient (Wildman–Crippen LogP) is 6.89. The van der Waals surface area contributed by atoms with E-state index < -0.39 is 10.1 Å². The molecule has 175 valence electrons. The van der Waals surface area contributed by atoms with Crippen LogP contribution in [-0.4, -0.2) is 18.7 Å². The summed E-state index contributed by atoms with van der Waals surface area (Å²) in [5.41, 5.74) is 6.65. The monoisotopic (exact) mass is 464 g/mol. The van der Waals surface area contributed by atoms with Gasteiger partial charge < -0.3 is 4.55 Å². The van der Waals surface area contributed by atoms with Crippen molar-refractivity contribution in [3.05, 3.63) is 89.5 Å². The van der Waals surface area contributed by atoms with Gasteiger partial charge in [0.2, 0.25) is 0 Å². The molecule has 0 fully saturated rings. The molecule has 33 heavy (non-hydrogen) atoms. The molecule has 0 aliphatic heterocycles. The standard InChI is InChI=1S/C28H35NO3S/c1-3-5-7-23-9-15-26(16-10-23)29(27-17-11-24(12-18-27)8-6-4-2)28-19-13-25(14-20-28)21-22-33(30,31)32/h9-20H,3-8,21-22H2,1-2H3,(H,30,31,32)/q+1/p-1. The first-order valence-electron chi connectivity index (χ1n) is 11.9. The minimum atomic E-state index is -4.22. The third-order valence-electron chi connectivity index (χ3n) is 5.86. The van der Waals surface area contributed by atoms with Crippen LogP contribution in [0.25, 0.3) is 0 Å². The zero-order valence-electron chi connectivity index (χ0n) is 19.7. The molecule has 0 N–H and O–H groups in total. The Kier molecular flexibility index (Phi) is 9.24. The summed E-state index contributed by atoms with van der Waals surface area (Å²) in [5.74, 6) is -0.380. The lowest BCUT2D eigenvalue weighted by molar-refractivity contribution is 0.462. The summed E-state index contributed by atoms with van der Waals surface area (Å²) in [7, 11) is -4.22. The van der Waals surface area contributed by atoms with E-state index in [2.05, 4.69) is 67.3 Å². The van der Waals surface area contributed by atoms with Crippen molar-refractivity contribution in [2.45, 2.75) is 58.8 Å². The molecule has 0 bridgehead atoms. The average Bonchev–Trinajstić information content (AvgIpc) is 2.82. The Hall–Kier alpha value is -2.47. The zero-order chi connectivity index (χ0) is 23.7. The minimum Gasteiger partial charge on any atom is -0.748 e. The third kappa shape index (κ3) is 7.81. The van der Waals surface area contributed by atoms with Crippen molar-refractivity contribution in [1.82, 2.24) is 4.90 Å². The summed E-state index contributed by atoms with van der Waals surface area (Å²) < 4.78 is 32.9. The zero-order valence-corrected chi connectivity index (χ0v) is 20.5. The van der Waals surface area contributed by atoms with Crippen molar-refractivity contribution in [3.63, 3.8) is 0 Å². The Balaban J connectivity index is 1.90. The van der Waals surface area contributed by atoms with Gasteiger partial charge >= 0.3 is 0 Å². The summed E-state index contributed by atoms with van der Waals surface area (Å²) in [5, 5.41) is 0. The normalized spacial score (nSPS) is 11.8. The van der Waals surface area contributed by atoms with Crippen molar-refractivity contribution in [2.24, 2.45) is 0 Å². The number of aryl methyl sites for hydroxylation is 3. The molecule has 0 saturated heterocycles. The first-order chi connectivity index (χ1) is 15.9. The van der Waals surface area contributed by atoms with Crippen molar-refractivity contribution < 1.29 is 13.0 Å². The number of hydrogen-bond acceptors (Lipinski definition) is 4. The van der Waals surface area contributed by atoms with E-state index in [4.69, 9.17) is 0 Å². The van der Waals surface area contributed by atoms with Gasteiger partial charge in [-0.1, -0.05) is 68.0 Å². The molecule has 4 nitrogen and oxygen atoms in total. The van der Waals surface area contributed by atoms with Crippen LogP contribution in [0, 0.1) is 0 Å². The van der Waals surface area contributed by atoms with E-state index in [9.17, 15) is 13.0 Å². The third-order valence-corrected chi connectivity index (χ3v) is 6.57. The second-order valence-electron chi connectivity index (χ2n) is 8.55. The van der Waals surface area contributed by atoms with Gasteiger partial charge in [0.05, 0.1) is 10.1 Å². The number of rotatable bonds is 12. The molecule has 0 aliphatic carbocycles. The highest BCUT2D eigenvalue weighted by Crippen LogP contribution is 2.34. The van der Waals surface area contributed by atoms with Gasteiger partial charge in [-0.05, 0) is 48.8 Å². The van der Waals surface area contributed by atoms with Crippen LogP contribution in [0.2, 0.25) is 0 Å². The molecule has 5 heteroatoms. The molecular formula is C28H34NO3S. The molecule has 0 heterocycles. The Bertz CT molecular complexity index is 1040. The maximum absolute atomic E-state index is 11.0. The van der Waals surface area contributed by atoms with Gasteiger partial charge in [0.15, 0.2) is 17.1 Å². The lowest BCUT2D eigenvalue weighted by Crippen LogP contribution is -2.12. The molecule has 1 radical (unpaired) electrons. The lowest BCUT2D eigenvalue weighted by Gasteiger charge is -2.13. The van der Waals surface area contributed by atoms with E-state index in [1.807, 2.05) is 24.3 Å². The van der Waals surface area contributed by atoms with Crippen LogP contribution in [-0.2, 0) is 29.4 Å². The van der Waals surface area contributed by atoms with Gasteiger partial charge in [0, 0.05) is 42.2 Å². The maximum atomic E-state index is 11.0. The topological polar surface area (TPSA) is 63.1 Å². The predicted molar refractivity (Wildman–Crippen MR) is 136 cm³/mol. The Morgan fingerprint density at radius 3 is 1.24 bits per heavy atom. The summed E-state index contributed by atoms with van der Waals surface area (Å²) in [6.07, 6.45) is 7.12. The second kappa shape index (κ2) is 12.1. The fourth-order valence-electron chi connectivity index (χ4n) is 3.89. The Morgan fingerprint density at radius 1 is 0.606 bits per heavy atom. The van der Waals surface area contributed by atoms with Crippen LogP contribution in [0.5, 0.6) is 0 Å². The number of anilines is 3. The SMILES string of the molecule is CCCCc1ccc([N+](c2ccc(CCCC)cc2)c2ccc(CCS(=O)(=O)[O-])cc2)cc1. The van der Waals surface area contributed by atoms with Crippen molar-refractivity contribution in [3.8, 4) is 0 Å². The first kappa shape index (κ1) is 25.2. The van der Waals surface area contributed by atoms with Crippen LogP contribution >= 0.6 is 0 Å². The van der Waals surface area contributed by atoms with Crippen LogP contribution in [0.1, 0.15) is 56.2 Å². The van der Waals surface area contributed by atoms with Crippen molar-refractivity contribution in [2.75, 3.05) is 5.75 Å². The molecule has 0 saturated carbocycles. The Labute approximate surface area is 199 Å². The summed E-state index contributed by atoms with van der Waals surface area (Å²) in [6.45, 7) is 4.41. The second-order valence-corrected chi connectivity index (χ2v) is 10.1. The molecule has 0 aromatic heterocycles. The van der Waals surface area contributed by atoms with E-state index in [0.29, 0.717) is 0 Å². The molecule has 0 aliphatic rings. The molecule has 3 aromatic carbocycles. The fraction of sp³-hybridized carbons (Fsp3) is 0.357. The van der Waals surface area contributed by atoms with E-state index in [-0.39, 0.29) is 12.2 Å². The van der Waals surface area contributed by atoms with Gasteiger partial charge in [-0.25, -0.2) is 8.42 Å². The van der Waals surface area contributed by atoms with Crippen LogP contribution in [0.15, 0.2) is 72.8 Å². The molecule has 3 aromatic rings. The highest BCUT2D eigenvalue weighted by molar-refractivity contribution is 7.85. The van der Waals surface area contributed by atoms with E-state index in [0.717, 1.165) is 35.5 Å². The quantitative estimate of drug-likeness (QED) is 0.216. The molecule has 0 amide bonds. The lowest BCUT2D eigenvalue weighted by atomic mass is 10.1. The number of unbranched alkanes of at least 4 members (excludes halogenated alkanes) is 2. The van der Waals surface area contributed by atoms with Crippen molar-refractivity contribution in [1.29, 1.82) is 0 Å². The molecule has 0 atom stereocenters.